The minimum atomic E-state index is -4.59. The molecule has 1 aromatic rings. The van der Waals surface area contributed by atoms with Crippen LogP contribution in [0.1, 0.15) is 5.56 Å². The van der Waals surface area contributed by atoms with Gasteiger partial charge in [-0.1, -0.05) is 0 Å². The third-order valence-electron chi connectivity index (χ3n) is 1.32. The summed E-state index contributed by atoms with van der Waals surface area (Å²) in [6.07, 6.45) is -4.59. The highest BCUT2D eigenvalue weighted by atomic mass is 35.5. The molecule has 1 nitrogen and oxygen atoms in total. The van der Waals surface area contributed by atoms with E-state index in [9.17, 15) is 17.6 Å². The summed E-state index contributed by atoms with van der Waals surface area (Å²) >= 11 is 0. The first-order valence-corrected chi connectivity index (χ1v) is 3.03. The van der Waals surface area contributed by atoms with E-state index < -0.39 is 23.2 Å². The van der Waals surface area contributed by atoms with Crippen LogP contribution in [0.3, 0.4) is 0 Å². The number of anilines is 1. The van der Waals surface area contributed by atoms with E-state index >= 15 is 0 Å². The zero-order valence-electron chi connectivity index (χ0n) is 6.64. The average molecular weight is 252 g/mol. The van der Waals surface area contributed by atoms with E-state index in [1.807, 2.05) is 0 Å². The Labute approximate surface area is 90.1 Å². The molecule has 14 heavy (non-hydrogen) atoms. The second kappa shape index (κ2) is 5.26. The summed E-state index contributed by atoms with van der Waals surface area (Å²) in [5.74, 6) is -0.948. The van der Waals surface area contributed by atoms with Crippen LogP contribution >= 0.6 is 24.8 Å². The van der Waals surface area contributed by atoms with Crippen molar-refractivity contribution < 1.29 is 17.6 Å². The van der Waals surface area contributed by atoms with Crippen LogP contribution < -0.4 is 5.73 Å². The highest BCUT2D eigenvalue weighted by molar-refractivity contribution is 5.85. The van der Waals surface area contributed by atoms with Crippen LogP contribution in [0.5, 0.6) is 0 Å². The van der Waals surface area contributed by atoms with Gasteiger partial charge < -0.3 is 5.73 Å². The fraction of sp³-hybridized carbons (Fsp3) is 0.143. The van der Waals surface area contributed by atoms with Gasteiger partial charge in [-0.15, -0.1) is 24.8 Å². The molecule has 0 amide bonds. The number of hydrogen-bond acceptors (Lipinski definition) is 1. The summed E-state index contributed by atoms with van der Waals surface area (Å²) in [5, 5.41) is 0. The highest BCUT2D eigenvalue weighted by Gasteiger charge is 2.33. The van der Waals surface area contributed by atoms with E-state index in [0.29, 0.717) is 6.07 Å². The smallest absolute Gasteiger partial charge is 0.398 e. The lowest BCUT2D eigenvalue weighted by molar-refractivity contribution is -0.137. The average Bonchev–Trinajstić information content (AvgIpc) is 1.92. The van der Waals surface area contributed by atoms with Crippen molar-refractivity contribution in [2.45, 2.75) is 6.18 Å². The van der Waals surface area contributed by atoms with Crippen molar-refractivity contribution in [1.82, 2.24) is 0 Å². The summed E-state index contributed by atoms with van der Waals surface area (Å²) in [5.41, 5.74) is 3.38. The molecule has 0 unspecified atom stereocenters. The van der Waals surface area contributed by atoms with Gasteiger partial charge in [0.2, 0.25) is 0 Å². The standard InChI is InChI=1S/C7H5F4N.2ClH/c8-4-1-2-6(12)5(3-4)7(9,10)11;;/h1-3H,12H2;2*1H. The van der Waals surface area contributed by atoms with Crippen molar-refractivity contribution in [1.29, 1.82) is 0 Å². The predicted octanol–water partition coefficient (Wildman–Crippen LogP) is 3.27. The molecule has 0 aliphatic carbocycles. The lowest BCUT2D eigenvalue weighted by atomic mass is 10.2. The van der Waals surface area contributed by atoms with Crippen LogP contribution in [0, 0.1) is 5.82 Å². The Kier molecular flexibility index (Phi) is 5.93. The molecule has 0 saturated carbocycles. The molecule has 0 spiro atoms. The first-order chi connectivity index (χ1) is 5.41. The van der Waals surface area contributed by atoms with Crippen LogP contribution in [0.4, 0.5) is 23.2 Å². The SMILES string of the molecule is Cl.Cl.Nc1ccc(F)cc1C(F)(F)F. The highest BCUT2D eigenvalue weighted by Crippen LogP contribution is 2.33. The fourth-order valence-corrected chi connectivity index (χ4v) is 0.774. The fourth-order valence-electron chi connectivity index (χ4n) is 0.774. The number of nitrogen functional groups attached to an aromatic ring is 1. The number of hydrogen-bond donors (Lipinski definition) is 1. The van der Waals surface area contributed by atoms with Crippen molar-refractivity contribution >= 4 is 30.5 Å². The van der Waals surface area contributed by atoms with Gasteiger partial charge in [0.1, 0.15) is 5.82 Å². The maximum atomic E-state index is 12.3. The molecule has 0 saturated heterocycles. The molecule has 0 fully saturated rings. The van der Waals surface area contributed by atoms with Gasteiger partial charge in [-0.2, -0.15) is 13.2 Å². The molecule has 7 heteroatoms. The van der Waals surface area contributed by atoms with E-state index in [1.54, 1.807) is 0 Å². The molecule has 0 aromatic heterocycles. The predicted molar refractivity (Wildman–Crippen MR) is 50.3 cm³/mol. The van der Waals surface area contributed by atoms with Gasteiger partial charge >= 0.3 is 6.18 Å². The Hall–Kier alpha value is -0.680. The third kappa shape index (κ3) is 3.59. The van der Waals surface area contributed by atoms with Gasteiger partial charge in [-0.25, -0.2) is 4.39 Å². The first kappa shape index (κ1) is 15.8. The van der Waals surface area contributed by atoms with Crippen LogP contribution in [-0.2, 0) is 6.18 Å². The van der Waals surface area contributed by atoms with E-state index in [2.05, 4.69) is 0 Å². The molecule has 1 rings (SSSR count). The molecule has 0 heterocycles. The zero-order chi connectivity index (χ0) is 9.35. The van der Waals surface area contributed by atoms with Gasteiger partial charge in [-0.05, 0) is 18.2 Å². The first-order valence-electron chi connectivity index (χ1n) is 3.03. The summed E-state index contributed by atoms with van der Waals surface area (Å²) in [4.78, 5) is 0. The van der Waals surface area contributed by atoms with Crippen molar-refractivity contribution in [3.05, 3.63) is 29.6 Å². The van der Waals surface area contributed by atoms with Crippen LogP contribution in [0.2, 0.25) is 0 Å². The molecule has 0 bridgehead atoms. The van der Waals surface area contributed by atoms with Crippen molar-refractivity contribution in [3.63, 3.8) is 0 Å². The van der Waals surface area contributed by atoms with Crippen molar-refractivity contribution in [3.8, 4) is 0 Å². The Morgan fingerprint density at radius 1 is 1.07 bits per heavy atom. The molecule has 2 N–H and O–H groups in total. The maximum Gasteiger partial charge on any atom is 0.418 e. The Morgan fingerprint density at radius 3 is 1.93 bits per heavy atom. The quantitative estimate of drug-likeness (QED) is 0.556. The van der Waals surface area contributed by atoms with E-state index in [4.69, 9.17) is 5.73 Å². The lowest BCUT2D eigenvalue weighted by Crippen LogP contribution is -2.09. The molecule has 82 valence electrons. The van der Waals surface area contributed by atoms with Gasteiger partial charge in [0.15, 0.2) is 0 Å². The van der Waals surface area contributed by atoms with Gasteiger partial charge in [-0.3, -0.25) is 0 Å². The van der Waals surface area contributed by atoms with Crippen LogP contribution in [-0.4, -0.2) is 0 Å². The van der Waals surface area contributed by atoms with Crippen LogP contribution in [0.25, 0.3) is 0 Å². The molecule has 1 aromatic carbocycles. The van der Waals surface area contributed by atoms with E-state index in [1.165, 1.54) is 0 Å². The van der Waals surface area contributed by atoms with Gasteiger partial charge in [0.05, 0.1) is 5.56 Å². The normalized spacial score (nSPS) is 10.0. The van der Waals surface area contributed by atoms with Crippen LogP contribution in [0.15, 0.2) is 18.2 Å². The van der Waals surface area contributed by atoms with E-state index in [0.717, 1.165) is 12.1 Å². The number of nitrogens with two attached hydrogens (primary N) is 1. The Balaban J connectivity index is 0. The lowest BCUT2D eigenvalue weighted by Gasteiger charge is -2.08. The second-order valence-corrected chi connectivity index (χ2v) is 2.23. The Morgan fingerprint density at radius 2 is 1.57 bits per heavy atom. The van der Waals surface area contributed by atoms with Gasteiger partial charge in [0.25, 0.3) is 0 Å². The largest absolute Gasteiger partial charge is 0.418 e. The van der Waals surface area contributed by atoms with Crippen molar-refractivity contribution in [2.75, 3.05) is 5.73 Å². The molecule has 0 aliphatic heterocycles. The number of benzene rings is 1. The second-order valence-electron chi connectivity index (χ2n) is 2.23. The maximum absolute atomic E-state index is 12.3. The minimum absolute atomic E-state index is 0. The molecule has 0 radical (unpaired) electrons. The molecular formula is C7H7Cl2F4N. The Bertz CT molecular complexity index is 300. The summed E-state index contributed by atoms with van der Waals surface area (Å²) in [6, 6.07) is 2.14. The zero-order valence-corrected chi connectivity index (χ0v) is 8.27. The monoisotopic (exact) mass is 251 g/mol. The third-order valence-corrected chi connectivity index (χ3v) is 1.32. The van der Waals surface area contributed by atoms with E-state index in [-0.39, 0.29) is 24.8 Å². The molecule has 0 atom stereocenters. The minimum Gasteiger partial charge on any atom is -0.398 e. The topological polar surface area (TPSA) is 26.0 Å². The molecular weight excluding hydrogens is 245 g/mol. The summed E-state index contributed by atoms with van der Waals surface area (Å²) in [6.45, 7) is 0. The summed E-state index contributed by atoms with van der Waals surface area (Å²) in [7, 11) is 0. The van der Waals surface area contributed by atoms with Gasteiger partial charge in [0, 0.05) is 5.69 Å². The van der Waals surface area contributed by atoms with Crippen molar-refractivity contribution in [2.24, 2.45) is 0 Å². The molecule has 0 aliphatic rings. The summed E-state index contributed by atoms with van der Waals surface area (Å²) < 4.78 is 48.3. The number of rotatable bonds is 0. The number of alkyl halides is 3. The number of halogens is 6.